The zero-order chi connectivity index (χ0) is 21.3. The predicted octanol–water partition coefficient (Wildman–Crippen LogP) is 5.96. The Labute approximate surface area is 180 Å². The highest BCUT2D eigenvalue weighted by atomic mass is 16.7. The van der Waals surface area contributed by atoms with Crippen LogP contribution in [-0.2, 0) is 14.7 Å². The van der Waals surface area contributed by atoms with Crippen LogP contribution in [0.4, 0.5) is 0 Å². The first-order valence-corrected chi connectivity index (χ1v) is 10.8. The fourth-order valence-electron chi connectivity index (χ4n) is 4.71. The summed E-state index contributed by atoms with van der Waals surface area (Å²) in [6, 6.07) is 24.3. The molecule has 3 aromatic carbocycles. The summed E-state index contributed by atoms with van der Waals surface area (Å²) in [4.78, 5) is 0. The van der Waals surface area contributed by atoms with Crippen molar-refractivity contribution in [2.75, 3.05) is 0 Å². The van der Waals surface area contributed by atoms with Crippen molar-refractivity contribution in [1.82, 2.24) is 0 Å². The van der Waals surface area contributed by atoms with Gasteiger partial charge in [-0.15, -0.1) is 0 Å². The molecule has 1 saturated heterocycles. The Morgan fingerprint density at radius 1 is 0.600 bits per heavy atom. The molecule has 1 heterocycles. The molecule has 0 N–H and O–H groups in total. The van der Waals surface area contributed by atoms with E-state index >= 15 is 0 Å². The standard InChI is InChI=1S/C27H29BO2/c1-25(2)23-10-8-7-9-21(23)22-17-19(13-16-24(22)25)18-11-14-20(15-12-18)28-29-26(3,4)27(5,6)30-28/h7-17H,1-6H3. The minimum Gasteiger partial charge on any atom is -0.399 e. The molecule has 2 aliphatic rings. The minimum atomic E-state index is -0.323. The number of hydrogen-bond acceptors (Lipinski definition) is 2. The van der Waals surface area contributed by atoms with Crippen LogP contribution in [0.3, 0.4) is 0 Å². The van der Waals surface area contributed by atoms with Crippen LogP contribution < -0.4 is 5.46 Å². The largest absolute Gasteiger partial charge is 0.494 e. The van der Waals surface area contributed by atoms with Crippen molar-refractivity contribution >= 4 is 12.6 Å². The lowest BCUT2D eigenvalue weighted by Gasteiger charge is -2.32. The molecule has 1 aliphatic carbocycles. The summed E-state index contributed by atoms with van der Waals surface area (Å²) in [5.74, 6) is 0. The zero-order valence-corrected chi connectivity index (χ0v) is 18.7. The summed E-state index contributed by atoms with van der Waals surface area (Å²) in [7, 11) is -0.322. The van der Waals surface area contributed by atoms with E-state index in [9.17, 15) is 0 Å². The van der Waals surface area contributed by atoms with E-state index in [4.69, 9.17) is 9.31 Å². The van der Waals surface area contributed by atoms with Gasteiger partial charge in [-0.1, -0.05) is 74.5 Å². The molecule has 0 saturated carbocycles. The van der Waals surface area contributed by atoms with Crippen molar-refractivity contribution in [3.63, 3.8) is 0 Å². The van der Waals surface area contributed by atoms with Gasteiger partial charge in [0.15, 0.2) is 0 Å². The molecule has 0 amide bonds. The van der Waals surface area contributed by atoms with Crippen molar-refractivity contribution in [1.29, 1.82) is 0 Å². The predicted molar refractivity (Wildman–Crippen MR) is 125 cm³/mol. The maximum Gasteiger partial charge on any atom is 0.494 e. The number of benzene rings is 3. The molecule has 0 atom stereocenters. The van der Waals surface area contributed by atoms with Gasteiger partial charge >= 0.3 is 7.12 Å². The summed E-state index contributed by atoms with van der Waals surface area (Å²) in [5.41, 5.74) is 8.43. The van der Waals surface area contributed by atoms with Gasteiger partial charge in [0, 0.05) is 5.41 Å². The quantitative estimate of drug-likeness (QED) is 0.498. The molecule has 0 radical (unpaired) electrons. The fourth-order valence-corrected chi connectivity index (χ4v) is 4.71. The molecule has 30 heavy (non-hydrogen) atoms. The van der Waals surface area contributed by atoms with Crippen LogP contribution in [0.2, 0.25) is 0 Å². The Bertz CT molecular complexity index is 1110. The molecule has 0 unspecified atom stereocenters. The SMILES string of the molecule is CC1(C)c2ccccc2-c2cc(-c3ccc(B4OC(C)(C)C(C)(C)O4)cc3)ccc21. The summed E-state index contributed by atoms with van der Waals surface area (Å²) in [5, 5.41) is 0. The van der Waals surface area contributed by atoms with Crippen LogP contribution in [0.1, 0.15) is 52.7 Å². The van der Waals surface area contributed by atoms with Crippen molar-refractivity contribution < 1.29 is 9.31 Å². The molecular formula is C27H29BO2. The van der Waals surface area contributed by atoms with Gasteiger partial charge in [-0.05, 0) is 72.6 Å². The van der Waals surface area contributed by atoms with Gasteiger partial charge < -0.3 is 9.31 Å². The minimum absolute atomic E-state index is 0.0467. The summed E-state index contributed by atoms with van der Waals surface area (Å²) < 4.78 is 12.4. The molecule has 5 rings (SSSR count). The third-order valence-corrected chi connectivity index (χ3v) is 7.35. The molecular weight excluding hydrogens is 367 g/mol. The van der Waals surface area contributed by atoms with Gasteiger partial charge in [-0.3, -0.25) is 0 Å². The fraction of sp³-hybridized carbons (Fsp3) is 0.333. The van der Waals surface area contributed by atoms with Crippen molar-refractivity contribution in [2.24, 2.45) is 0 Å². The Balaban J connectivity index is 1.48. The zero-order valence-electron chi connectivity index (χ0n) is 18.7. The van der Waals surface area contributed by atoms with Crippen molar-refractivity contribution in [3.8, 4) is 22.3 Å². The molecule has 3 heteroatoms. The Hall–Kier alpha value is -2.36. The average molecular weight is 396 g/mol. The van der Waals surface area contributed by atoms with Gasteiger partial charge in [0.1, 0.15) is 0 Å². The second kappa shape index (κ2) is 6.32. The first-order chi connectivity index (χ1) is 14.1. The maximum atomic E-state index is 6.20. The third-order valence-electron chi connectivity index (χ3n) is 7.35. The Morgan fingerprint density at radius 2 is 1.17 bits per heavy atom. The van der Waals surface area contributed by atoms with Gasteiger partial charge in [-0.25, -0.2) is 0 Å². The molecule has 0 spiro atoms. The van der Waals surface area contributed by atoms with Crippen LogP contribution in [0.25, 0.3) is 22.3 Å². The first-order valence-electron chi connectivity index (χ1n) is 10.8. The van der Waals surface area contributed by atoms with Crippen LogP contribution in [0, 0.1) is 0 Å². The highest BCUT2D eigenvalue weighted by Gasteiger charge is 2.51. The normalized spacial score (nSPS) is 20.1. The Morgan fingerprint density at radius 3 is 1.83 bits per heavy atom. The third kappa shape index (κ3) is 2.80. The lowest BCUT2D eigenvalue weighted by atomic mass is 9.78. The summed E-state index contributed by atoms with van der Waals surface area (Å²) in [6.07, 6.45) is 0. The Kier molecular flexibility index (Phi) is 4.13. The number of fused-ring (bicyclic) bond motifs is 3. The second-order valence-corrected chi connectivity index (χ2v) is 10.1. The van der Waals surface area contributed by atoms with Crippen molar-refractivity contribution in [2.45, 2.75) is 58.2 Å². The molecule has 3 aromatic rings. The molecule has 1 fully saturated rings. The van der Waals surface area contributed by atoms with Crippen molar-refractivity contribution in [3.05, 3.63) is 77.9 Å². The van der Waals surface area contributed by atoms with Gasteiger partial charge in [0.25, 0.3) is 0 Å². The number of rotatable bonds is 2. The van der Waals surface area contributed by atoms with E-state index in [0.717, 1.165) is 5.46 Å². The molecule has 2 nitrogen and oxygen atoms in total. The topological polar surface area (TPSA) is 18.5 Å². The van der Waals surface area contributed by atoms with E-state index in [1.54, 1.807) is 0 Å². The molecule has 0 bridgehead atoms. The average Bonchev–Trinajstić information content (AvgIpc) is 3.08. The monoisotopic (exact) mass is 396 g/mol. The van der Waals surface area contributed by atoms with E-state index < -0.39 is 0 Å². The van der Waals surface area contributed by atoms with Crippen LogP contribution >= 0.6 is 0 Å². The smallest absolute Gasteiger partial charge is 0.399 e. The van der Waals surface area contributed by atoms with E-state index in [1.165, 1.54) is 33.4 Å². The van der Waals surface area contributed by atoms with E-state index in [2.05, 4.69) is 108 Å². The molecule has 152 valence electrons. The van der Waals surface area contributed by atoms with Crippen LogP contribution in [-0.4, -0.2) is 18.3 Å². The van der Waals surface area contributed by atoms with E-state index in [1.807, 2.05) is 0 Å². The van der Waals surface area contributed by atoms with E-state index in [-0.39, 0.29) is 23.7 Å². The van der Waals surface area contributed by atoms with Crippen LogP contribution in [0.5, 0.6) is 0 Å². The molecule has 1 aliphatic heterocycles. The van der Waals surface area contributed by atoms with Crippen LogP contribution in [0.15, 0.2) is 66.7 Å². The first kappa shape index (κ1) is 19.6. The molecule has 0 aromatic heterocycles. The highest BCUT2D eigenvalue weighted by molar-refractivity contribution is 6.62. The van der Waals surface area contributed by atoms with E-state index in [0.29, 0.717) is 0 Å². The highest BCUT2D eigenvalue weighted by Crippen LogP contribution is 2.49. The summed E-state index contributed by atoms with van der Waals surface area (Å²) in [6.45, 7) is 13.0. The number of hydrogen-bond donors (Lipinski definition) is 0. The van der Waals surface area contributed by atoms with Gasteiger partial charge in [0.2, 0.25) is 0 Å². The summed E-state index contributed by atoms with van der Waals surface area (Å²) >= 11 is 0. The lowest BCUT2D eigenvalue weighted by molar-refractivity contribution is 0.00578. The second-order valence-electron chi connectivity index (χ2n) is 10.1. The lowest BCUT2D eigenvalue weighted by Crippen LogP contribution is -2.41. The van der Waals surface area contributed by atoms with Gasteiger partial charge in [0.05, 0.1) is 11.2 Å². The maximum absolute atomic E-state index is 6.20. The van der Waals surface area contributed by atoms with Gasteiger partial charge in [-0.2, -0.15) is 0 Å².